The maximum absolute atomic E-state index is 11.0. The molecule has 17 heavy (non-hydrogen) atoms. The zero-order valence-electron chi connectivity index (χ0n) is 8.96. The first-order valence-electron chi connectivity index (χ1n) is 5.41. The van der Waals surface area contributed by atoms with E-state index in [0.717, 1.165) is 12.8 Å². The maximum atomic E-state index is 11.0. The lowest BCUT2D eigenvalue weighted by atomic mass is 10.2. The fourth-order valence-electron chi connectivity index (χ4n) is 1.72. The van der Waals surface area contributed by atoms with Gasteiger partial charge < -0.3 is 9.52 Å². The van der Waals surface area contributed by atoms with E-state index in [1.807, 2.05) is 6.07 Å². The van der Waals surface area contributed by atoms with Gasteiger partial charge in [0.15, 0.2) is 0 Å². The molecule has 1 N–H and O–H groups in total. The van der Waals surface area contributed by atoms with Crippen LogP contribution in [-0.2, 0) is 0 Å². The van der Waals surface area contributed by atoms with Crippen molar-refractivity contribution in [1.82, 2.24) is 9.97 Å². The molecular formula is C12H10N2O3. The molecule has 0 aromatic carbocycles. The molecule has 5 nitrogen and oxygen atoms in total. The summed E-state index contributed by atoms with van der Waals surface area (Å²) in [6.07, 6.45) is 3.58. The summed E-state index contributed by atoms with van der Waals surface area (Å²) in [6.45, 7) is 0. The fraction of sp³-hybridized carbons (Fsp3) is 0.250. The second kappa shape index (κ2) is 3.69. The number of carboxylic acids is 1. The minimum atomic E-state index is -1.07. The molecular weight excluding hydrogens is 220 g/mol. The van der Waals surface area contributed by atoms with Crippen LogP contribution in [0, 0.1) is 0 Å². The topological polar surface area (TPSA) is 76.2 Å². The Bertz CT molecular complexity index is 558. The lowest BCUT2D eigenvalue weighted by Gasteiger charge is -1.91. The van der Waals surface area contributed by atoms with Crippen LogP contribution in [0.4, 0.5) is 0 Å². The molecule has 3 rings (SSSR count). The largest absolute Gasteiger partial charge is 0.475 e. The molecule has 5 heteroatoms. The third-order valence-electron chi connectivity index (χ3n) is 2.70. The summed E-state index contributed by atoms with van der Waals surface area (Å²) in [5.41, 5.74) is 1.11. The van der Waals surface area contributed by atoms with Crippen LogP contribution in [0.3, 0.4) is 0 Å². The molecule has 0 radical (unpaired) electrons. The molecule has 2 aromatic rings. The molecule has 0 unspecified atom stereocenters. The number of hydrogen-bond donors (Lipinski definition) is 1. The Kier molecular flexibility index (Phi) is 2.18. The van der Waals surface area contributed by atoms with Crippen LogP contribution in [0.5, 0.6) is 0 Å². The van der Waals surface area contributed by atoms with Crippen molar-refractivity contribution in [1.29, 1.82) is 0 Å². The number of carbonyl (C=O) groups is 1. The Balaban J connectivity index is 2.07. The normalized spacial score (nSPS) is 14.8. The molecule has 1 fully saturated rings. The van der Waals surface area contributed by atoms with Gasteiger partial charge in [0.1, 0.15) is 5.69 Å². The molecule has 2 aromatic heterocycles. The van der Waals surface area contributed by atoms with Crippen molar-refractivity contribution in [2.45, 2.75) is 18.8 Å². The zero-order valence-corrected chi connectivity index (χ0v) is 8.96. The highest BCUT2D eigenvalue weighted by Crippen LogP contribution is 2.42. The number of oxazole rings is 1. The van der Waals surface area contributed by atoms with Crippen molar-refractivity contribution in [3.05, 3.63) is 35.9 Å². The number of hydrogen-bond acceptors (Lipinski definition) is 4. The van der Waals surface area contributed by atoms with Crippen molar-refractivity contribution in [2.75, 3.05) is 0 Å². The molecule has 0 bridgehead atoms. The van der Waals surface area contributed by atoms with E-state index >= 15 is 0 Å². The average molecular weight is 230 g/mol. The zero-order chi connectivity index (χ0) is 11.8. The van der Waals surface area contributed by atoms with E-state index in [2.05, 4.69) is 9.97 Å². The Morgan fingerprint density at radius 1 is 1.41 bits per heavy atom. The monoisotopic (exact) mass is 230 g/mol. The molecule has 0 spiro atoms. The van der Waals surface area contributed by atoms with Gasteiger partial charge in [-0.25, -0.2) is 9.78 Å². The SMILES string of the molecule is O=C(O)c1oc(-c2ccccn2)nc1C1CC1. The van der Waals surface area contributed by atoms with Gasteiger partial charge in [-0.1, -0.05) is 6.07 Å². The molecule has 1 aliphatic rings. The second-order valence-corrected chi connectivity index (χ2v) is 4.03. The number of rotatable bonds is 3. The first kappa shape index (κ1) is 10.0. The highest BCUT2D eigenvalue weighted by molar-refractivity contribution is 5.86. The van der Waals surface area contributed by atoms with Crippen LogP contribution in [0.15, 0.2) is 28.8 Å². The number of aromatic nitrogens is 2. The Morgan fingerprint density at radius 2 is 2.24 bits per heavy atom. The van der Waals surface area contributed by atoms with Crippen molar-refractivity contribution < 1.29 is 14.3 Å². The number of pyridine rings is 1. The third kappa shape index (κ3) is 1.80. The van der Waals surface area contributed by atoms with Gasteiger partial charge in [-0.05, 0) is 25.0 Å². The van der Waals surface area contributed by atoms with Gasteiger partial charge in [0.25, 0.3) is 0 Å². The summed E-state index contributed by atoms with van der Waals surface area (Å²) >= 11 is 0. The number of aromatic carboxylic acids is 1. The maximum Gasteiger partial charge on any atom is 0.373 e. The smallest absolute Gasteiger partial charge is 0.373 e. The Hall–Kier alpha value is -2.17. The van der Waals surface area contributed by atoms with E-state index in [4.69, 9.17) is 9.52 Å². The summed E-state index contributed by atoms with van der Waals surface area (Å²) in [5.74, 6) is -0.595. The van der Waals surface area contributed by atoms with Crippen molar-refractivity contribution >= 4 is 5.97 Å². The van der Waals surface area contributed by atoms with Gasteiger partial charge in [-0.2, -0.15) is 0 Å². The summed E-state index contributed by atoms with van der Waals surface area (Å²) in [6, 6.07) is 5.34. The molecule has 0 aliphatic heterocycles. The van der Waals surface area contributed by atoms with Gasteiger partial charge in [0.2, 0.25) is 11.7 Å². The van der Waals surface area contributed by atoms with Crippen molar-refractivity contribution in [3.63, 3.8) is 0 Å². The van der Waals surface area contributed by atoms with Gasteiger partial charge in [0, 0.05) is 12.1 Å². The standard InChI is InChI=1S/C12H10N2O3/c15-12(16)10-9(7-4-5-7)14-11(17-10)8-3-1-2-6-13-8/h1-3,6-7H,4-5H2,(H,15,16). The van der Waals surface area contributed by atoms with Crippen LogP contribution in [0.25, 0.3) is 11.6 Å². The van der Waals surface area contributed by atoms with E-state index in [1.54, 1.807) is 18.3 Å². The van der Waals surface area contributed by atoms with Crippen LogP contribution in [0.2, 0.25) is 0 Å². The fourth-order valence-corrected chi connectivity index (χ4v) is 1.72. The Labute approximate surface area is 97.1 Å². The van der Waals surface area contributed by atoms with Crippen molar-refractivity contribution in [3.8, 4) is 11.6 Å². The van der Waals surface area contributed by atoms with E-state index in [0.29, 0.717) is 11.4 Å². The summed E-state index contributed by atoms with van der Waals surface area (Å²) in [4.78, 5) is 19.4. The molecule has 0 saturated heterocycles. The summed E-state index contributed by atoms with van der Waals surface area (Å²) in [5, 5.41) is 9.05. The lowest BCUT2D eigenvalue weighted by molar-refractivity contribution is 0.0661. The first-order chi connectivity index (χ1) is 8.25. The molecule has 0 amide bonds. The van der Waals surface area contributed by atoms with E-state index in [9.17, 15) is 4.79 Å². The minimum absolute atomic E-state index is 0.0480. The summed E-state index contributed by atoms with van der Waals surface area (Å²) in [7, 11) is 0. The molecule has 2 heterocycles. The molecule has 1 saturated carbocycles. The number of carboxylic acid groups (broad SMARTS) is 1. The van der Waals surface area contributed by atoms with Crippen molar-refractivity contribution in [2.24, 2.45) is 0 Å². The minimum Gasteiger partial charge on any atom is -0.475 e. The van der Waals surface area contributed by atoms with Crippen LogP contribution in [-0.4, -0.2) is 21.0 Å². The predicted molar refractivity (Wildman–Crippen MR) is 58.7 cm³/mol. The average Bonchev–Trinajstić information content (AvgIpc) is 3.09. The third-order valence-corrected chi connectivity index (χ3v) is 2.70. The van der Waals surface area contributed by atoms with Gasteiger partial charge >= 0.3 is 5.97 Å². The predicted octanol–water partition coefficient (Wildman–Crippen LogP) is 2.31. The van der Waals surface area contributed by atoms with E-state index < -0.39 is 5.97 Å². The van der Waals surface area contributed by atoms with E-state index in [-0.39, 0.29) is 17.6 Å². The number of nitrogens with zero attached hydrogens (tertiary/aromatic N) is 2. The van der Waals surface area contributed by atoms with E-state index in [1.165, 1.54) is 0 Å². The highest BCUT2D eigenvalue weighted by Gasteiger charge is 2.33. The summed E-state index contributed by atoms with van der Waals surface area (Å²) < 4.78 is 5.29. The van der Waals surface area contributed by atoms with Gasteiger partial charge in [0.05, 0.1) is 5.69 Å². The quantitative estimate of drug-likeness (QED) is 0.875. The van der Waals surface area contributed by atoms with Crippen LogP contribution in [0.1, 0.15) is 35.0 Å². The first-order valence-corrected chi connectivity index (χ1v) is 5.41. The van der Waals surface area contributed by atoms with Crippen LogP contribution < -0.4 is 0 Å². The molecule has 0 atom stereocenters. The van der Waals surface area contributed by atoms with Gasteiger partial charge in [-0.15, -0.1) is 0 Å². The molecule has 86 valence electrons. The highest BCUT2D eigenvalue weighted by atomic mass is 16.4. The molecule has 1 aliphatic carbocycles. The van der Waals surface area contributed by atoms with Crippen LogP contribution >= 0.6 is 0 Å². The second-order valence-electron chi connectivity index (χ2n) is 4.03. The lowest BCUT2D eigenvalue weighted by Crippen LogP contribution is -1.98. The Morgan fingerprint density at radius 3 is 2.82 bits per heavy atom. The van der Waals surface area contributed by atoms with Gasteiger partial charge in [-0.3, -0.25) is 4.98 Å².